The Morgan fingerprint density at radius 3 is 2.40 bits per heavy atom. The molecule has 1 heterocycles. The molecule has 0 aromatic carbocycles. The number of nitrogens with zero attached hydrogens (tertiary/aromatic N) is 1. The van der Waals surface area contributed by atoms with Crippen LogP contribution < -0.4 is 5.73 Å². The molecule has 4 nitrogen and oxygen atoms in total. The van der Waals surface area contributed by atoms with Crippen molar-refractivity contribution in [2.24, 2.45) is 11.1 Å². The summed E-state index contributed by atoms with van der Waals surface area (Å²) in [4.78, 5) is 13.5. The second-order valence-electron chi connectivity index (χ2n) is 5.85. The fourth-order valence-corrected chi connectivity index (χ4v) is 1.92. The molecule has 0 saturated carbocycles. The molecule has 0 spiro atoms. The molecule has 0 bridgehead atoms. The standard InChI is InChI=1S/C11H22N2O2/c1-10(2,3)15-9(14)13-7-11(4,5)8(13)6-12/h8H,6-7,12H2,1-5H3. The summed E-state index contributed by atoms with van der Waals surface area (Å²) in [6, 6.07) is 0.104. The molecule has 1 aliphatic rings. The minimum Gasteiger partial charge on any atom is -0.444 e. The first-order valence-corrected chi connectivity index (χ1v) is 5.37. The first-order valence-electron chi connectivity index (χ1n) is 5.37. The first-order chi connectivity index (χ1) is 6.67. The molecule has 15 heavy (non-hydrogen) atoms. The van der Waals surface area contributed by atoms with Crippen molar-refractivity contribution in [3.8, 4) is 0 Å². The van der Waals surface area contributed by atoms with Gasteiger partial charge >= 0.3 is 6.09 Å². The zero-order valence-corrected chi connectivity index (χ0v) is 10.3. The van der Waals surface area contributed by atoms with Crippen molar-refractivity contribution in [1.29, 1.82) is 0 Å². The molecule has 1 aliphatic heterocycles. The van der Waals surface area contributed by atoms with Crippen LogP contribution >= 0.6 is 0 Å². The molecule has 1 saturated heterocycles. The third-order valence-electron chi connectivity index (χ3n) is 2.71. The van der Waals surface area contributed by atoms with Crippen molar-refractivity contribution in [3.05, 3.63) is 0 Å². The van der Waals surface area contributed by atoms with Gasteiger partial charge in [0, 0.05) is 18.5 Å². The van der Waals surface area contributed by atoms with Gasteiger partial charge < -0.3 is 15.4 Å². The van der Waals surface area contributed by atoms with E-state index >= 15 is 0 Å². The Hall–Kier alpha value is -0.770. The minimum absolute atomic E-state index is 0.104. The van der Waals surface area contributed by atoms with Crippen molar-refractivity contribution in [1.82, 2.24) is 4.90 Å². The Morgan fingerprint density at radius 2 is 2.07 bits per heavy atom. The average Bonchev–Trinajstić information content (AvgIpc) is 1.97. The van der Waals surface area contributed by atoms with E-state index in [-0.39, 0.29) is 17.6 Å². The lowest BCUT2D eigenvalue weighted by molar-refractivity contribution is -0.0604. The number of ether oxygens (including phenoxy) is 1. The average molecular weight is 214 g/mol. The fraction of sp³-hybridized carbons (Fsp3) is 0.909. The number of amides is 1. The Bertz CT molecular complexity index is 256. The van der Waals surface area contributed by atoms with E-state index in [0.717, 1.165) is 6.54 Å². The van der Waals surface area contributed by atoms with Crippen LogP contribution in [0.5, 0.6) is 0 Å². The Morgan fingerprint density at radius 1 is 1.53 bits per heavy atom. The number of hydrogen-bond donors (Lipinski definition) is 1. The molecule has 1 amide bonds. The monoisotopic (exact) mass is 214 g/mol. The summed E-state index contributed by atoms with van der Waals surface area (Å²) in [5.74, 6) is 0. The molecule has 0 aromatic heterocycles. The number of carbonyl (C=O) groups is 1. The highest BCUT2D eigenvalue weighted by atomic mass is 16.6. The van der Waals surface area contributed by atoms with Crippen molar-refractivity contribution in [2.45, 2.75) is 46.3 Å². The number of carbonyl (C=O) groups excluding carboxylic acids is 1. The first kappa shape index (κ1) is 12.3. The number of nitrogens with two attached hydrogens (primary N) is 1. The van der Waals surface area contributed by atoms with Crippen LogP contribution in [0.4, 0.5) is 4.79 Å². The van der Waals surface area contributed by atoms with Gasteiger partial charge in [-0.05, 0) is 20.8 Å². The third kappa shape index (κ3) is 2.62. The maximum atomic E-state index is 11.7. The zero-order chi connectivity index (χ0) is 11.9. The van der Waals surface area contributed by atoms with E-state index in [0.29, 0.717) is 6.54 Å². The van der Waals surface area contributed by atoms with Gasteiger partial charge in [0.1, 0.15) is 5.60 Å². The minimum atomic E-state index is -0.435. The van der Waals surface area contributed by atoms with Gasteiger partial charge in [-0.2, -0.15) is 0 Å². The van der Waals surface area contributed by atoms with Crippen molar-refractivity contribution >= 4 is 6.09 Å². The maximum absolute atomic E-state index is 11.7. The SMILES string of the molecule is CC(C)(C)OC(=O)N1CC(C)(C)C1CN. The Kier molecular flexibility index (Phi) is 3.01. The summed E-state index contributed by atoms with van der Waals surface area (Å²) in [7, 11) is 0. The molecule has 1 fully saturated rings. The summed E-state index contributed by atoms with van der Waals surface area (Å²) in [5, 5.41) is 0. The number of rotatable bonds is 1. The van der Waals surface area contributed by atoms with E-state index < -0.39 is 5.60 Å². The van der Waals surface area contributed by atoms with Crippen LogP contribution in [0.25, 0.3) is 0 Å². The van der Waals surface area contributed by atoms with Gasteiger partial charge in [-0.1, -0.05) is 13.8 Å². The molecule has 1 atom stereocenters. The lowest BCUT2D eigenvalue weighted by Gasteiger charge is -2.53. The molecule has 0 aromatic rings. The molecule has 2 N–H and O–H groups in total. The van der Waals surface area contributed by atoms with E-state index in [1.54, 1.807) is 4.90 Å². The van der Waals surface area contributed by atoms with Crippen molar-refractivity contribution < 1.29 is 9.53 Å². The molecular weight excluding hydrogens is 192 g/mol. The topological polar surface area (TPSA) is 55.6 Å². The fourth-order valence-electron chi connectivity index (χ4n) is 1.92. The highest BCUT2D eigenvalue weighted by Gasteiger charge is 2.48. The lowest BCUT2D eigenvalue weighted by atomic mass is 9.75. The maximum Gasteiger partial charge on any atom is 0.410 e. The quantitative estimate of drug-likeness (QED) is 0.721. The van der Waals surface area contributed by atoms with E-state index in [4.69, 9.17) is 10.5 Å². The molecule has 1 rings (SSSR count). The molecule has 1 unspecified atom stereocenters. The third-order valence-corrected chi connectivity index (χ3v) is 2.71. The van der Waals surface area contributed by atoms with Crippen LogP contribution in [0.1, 0.15) is 34.6 Å². The zero-order valence-electron chi connectivity index (χ0n) is 10.3. The van der Waals surface area contributed by atoms with Crippen LogP contribution in [-0.2, 0) is 4.74 Å². The van der Waals surface area contributed by atoms with Gasteiger partial charge in [-0.15, -0.1) is 0 Å². The molecule has 88 valence electrons. The van der Waals surface area contributed by atoms with E-state index in [9.17, 15) is 4.79 Å². The van der Waals surface area contributed by atoms with Crippen molar-refractivity contribution in [3.63, 3.8) is 0 Å². The second kappa shape index (κ2) is 3.67. The van der Waals surface area contributed by atoms with Crippen molar-refractivity contribution in [2.75, 3.05) is 13.1 Å². The van der Waals surface area contributed by atoms with E-state index in [1.807, 2.05) is 20.8 Å². The highest BCUT2D eigenvalue weighted by molar-refractivity contribution is 5.70. The van der Waals surface area contributed by atoms with Crippen LogP contribution in [0, 0.1) is 5.41 Å². The lowest BCUT2D eigenvalue weighted by Crippen LogP contribution is -2.67. The van der Waals surface area contributed by atoms with Gasteiger partial charge in [-0.3, -0.25) is 0 Å². The van der Waals surface area contributed by atoms with Crippen LogP contribution in [0.2, 0.25) is 0 Å². The molecule has 0 aliphatic carbocycles. The second-order valence-corrected chi connectivity index (χ2v) is 5.85. The van der Waals surface area contributed by atoms with Gasteiger partial charge in [0.15, 0.2) is 0 Å². The largest absolute Gasteiger partial charge is 0.444 e. The van der Waals surface area contributed by atoms with E-state index in [2.05, 4.69) is 13.8 Å². The molecule has 4 heteroatoms. The summed E-state index contributed by atoms with van der Waals surface area (Å²) < 4.78 is 5.30. The van der Waals surface area contributed by atoms with Gasteiger partial charge in [0.05, 0.1) is 6.04 Å². The Balaban J connectivity index is 2.57. The molecular formula is C11H22N2O2. The van der Waals surface area contributed by atoms with Gasteiger partial charge in [0.25, 0.3) is 0 Å². The summed E-state index contributed by atoms with van der Waals surface area (Å²) >= 11 is 0. The Labute approximate surface area is 91.8 Å². The predicted octanol–water partition coefficient (Wildman–Crippen LogP) is 1.59. The van der Waals surface area contributed by atoms with E-state index in [1.165, 1.54) is 0 Å². The number of likely N-dealkylation sites (tertiary alicyclic amines) is 1. The smallest absolute Gasteiger partial charge is 0.410 e. The normalized spacial score (nSPS) is 24.7. The number of hydrogen-bond acceptors (Lipinski definition) is 3. The van der Waals surface area contributed by atoms with Crippen LogP contribution in [-0.4, -0.2) is 35.7 Å². The highest BCUT2D eigenvalue weighted by Crippen LogP contribution is 2.37. The summed E-state index contributed by atoms with van der Waals surface area (Å²) in [6.45, 7) is 11.1. The van der Waals surface area contributed by atoms with Gasteiger partial charge in [0.2, 0.25) is 0 Å². The predicted molar refractivity (Wildman–Crippen MR) is 59.6 cm³/mol. The summed E-state index contributed by atoms with van der Waals surface area (Å²) in [6.07, 6.45) is -0.253. The van der Waals surface area contributed by atoms with Crippen LogP contribution in [0.3, 0.4) is 0 Å². The molecule has 0 radical (unpaired) electrons. The van der Waals surface area contributed by atoms with Crippen LogP contribution in [0.15, 0.2) is 0 Å². The van der Waals surface area contributed by atoms with Gasteiger partial charge in [-0.25, -0.2) is 4.79 Å². The summed E-state index contributed by atoms with van der Waals surface area (Å²) in [5.41, 5.74) is 5.33.